The molecule has 0 unspecified atom stereocenters. The third kappa shape index (κ3) is 1.27. The molecule has 14 heavy (non-hydrogen) atoms. The Balaban J connectivity index is 2.45. The second kappa shape index (κ2) is 3.18. The zero-order valence-corrected chi connectivity index (χ0v) is 7.90. The van der Waals surface area contributed by atoms with Gasteiger partial charge in [-0.15, -0.1) is 0 Å². The van der Waals surface area contributed by atoms with E-state index in [2.05, 4.69) is 0 Å². The van der Waals surface area contributed by atoms with Crippen molar-refractivity contribution in [3.8, 4) is 0 Å². The third-order valence-corrected chi connectivity index (χ3v) is 2.30. The minimum atomic E-state index is -0.117. The number of hydrogen-bond donors (Lipinski definition) is 1. The molecule has 1 aliphatic heterocycles. The van der Waals surface area contributed by atoms with Crippen LogP contribution in [0.1, 0.15) is 5.56 Å². The number of benzene rings is 1. The van der Waals surface area contributed by atoms with Gasteiger partial charge in [0.15, 0.2) is 0 Å². The molecule has 1 aromatic rings. The number of hydrogen-bond acceptors (Lipinski definition) is 2. The lowest BCUT2D eigenvalue weighted by Crippen LogP contribution is -2.21. The third-order valence-electron chi connectivity index (χ3n) is 2.30. The van der Waals surface area contributed by atoms with E-state index in [1.165, 1.54) is 4.90 Å². The first-order chi connectivity index (χ1) is 6.70. The van der Waals surface area contributed by atoms with Gasteiger partial charge in [-0.05, 0) is 5.56 Å². The van der Waals surface area contributed by atoms with Crippen LogP contribution in [0.4, 0.5) is 0 Å². The van der Waals surface area contributed by atoms with Crippen LogP contribution in [-0.2, 0) is 4.79 Å². The molecule has 3 heteroatoms. The Bertz CT molecular complexity index is 395. The summed E-state index contributed by atoms with van der Waals surface area (Å²) in [6.45, 7) is 0.309. The van der Waals surface area contributed by atoms with E-state index in [4.69, 9.17) is 0 Å². The molecular formula is C11H11NO2. The maximum Gasteiger partial charge on any atom is 0.258 e. The summed E-state index contributed by atoms with van der Waals surface area (Å²) in [4.78, 5) is 13.1. The highest BCUT2D eigenvalue weighted by molar-refractivity contribution is 6.22. The predicted octanol–water partition coefficient (Wildman–Crippen LogP) is 1.43. The topological polar surface area (TPSA) is 40.5 Å². The van der Waals surface area contributed by atoms with E-state index in [9.17, 15) is 9.90 Å². The molecule has 3 nitrogen and oxygen atoms in total. The second-order valence-corrected chi connectivity index (χ2v) is 3.35. The van der Waals surface area contributed by atoms with Crippen molar-refractivity contribution in [2.45, 2.75) is 0 Å². The highest BCUT2D eigenvalue weighted by Gasteiger charge is 2.28. The van der Waals surface area contributed by atoms with Crippen LogP contribution in [-0.4, -0.2) is 29.5 Å². The maximum absolute atomic E-state index is 11.6. The van der Waals surface area contributed by atoms with Crippen molar-refractivity contribution in [2.24, 2.45) is 0 Å². The molecule has 1 aliphatic rings. The van der Waals surface area contributed by atoms with Gasteiger partial charge < -0.3 is 10.0 Å². The Hall–Kier alpha value is -1.77. The average molecular weight is 189 g/mol. The largest absolute Gasteiger partial charge is 0.510 e. The molecule has 0 bridgehead atoms. The van der Waals surface area contributed by atoms with Crippen molar-refractivity contribution < 1.29 is 9.90 Å². The standard InChI is InChI=1S/C11H11NO2/c1-12-7-9(13)10(11(12)14)8-5-3-2-4-6-8/h2-6,13H,7H2,1H3. The molecule has 0 saturated carbocycles. The van der Waals surface area contributed by atoms with E-state index in [-0.39, 0.29) is 11.7 Å². The van der Waals surface area contributed by atoms with Crippen LogP contribution in [0.5, 0.6) is 0 Å². The quantitative estimate of drug-likeness (QED) is 0.726. The molecule has 0 radical (unpaired) electrons. The van der Waals surface area contributed by atoms with Gasteiger partial charge in [0.05, 0.1) is 12.1 Å². The number of aliphatic hydroxyl groups is 1. The van der Waals surface area contributed by atoms with Crippen LogP contribution in [0.15, 0.2) is 36.1 Å². The van der Waals surface area contributed by atoms with Gasteiger partial charge in [-0.3, -0.25) is 4.79 Å². The zero-order chi connectivity index (χ0) is 10.1. The fourth-order valence-corrected chi connectivity index (χ4v) is 1.58. The Kier molecular flexibility index (Phi) is 2.00. The molecule has 0 aliphatic carbocycles. The van der Waals surface area contributed by atoms with Crippen LogP contribution >= 0.6 is 0 Å². The number of carbonyl (C=O) groups excluding carboxylic acids is 1. The minimum absolute atomic E-state index is 0.117. The Morgan fingerprint density at radius 2 is 1.93 bits per heavy atom. The van der Waals surface area contributed by atoms with Crippen LogP contribution in [0.25, 0.3) is 5.57 Å². The van der Waals surface area contributed by atoms with Crippen molar-refractivity contribution in [2.75, 3.05) is 13.6 Å². The van der Waals surface area contributed by atoms with Gasteiger partial charge in [0, 0.05) is 7.05 Å². The summed E-state index contributed by atoms with van der Waals surface area (Å²) in [6, 6.07) is 9.22. The van der Waals surface area contributed by atoms with Crippen LogP contribution in [0.2, 0.25) is 0 Å². The van der Waals surface area contributed by atoms with Crippen LogP contribution in [0.3, 0.4) is 0 Å². The van der Waals surface area contributed by atoms with Gasteiger partial charge >= 0.3 is 0 Å². The molecule has 0 saturated heterocycles. The number of nitrogens with zero attached hydrogens (tertiary/aromatic N) is 1. The molecule has 1 heterocycles. The molecule has 72 valence electrons. The summed E-state index contributed by atoms with van der Waals surface area (Å²) in [5.74, 6) is 0.0393. The first kappa shape index (κ1) is 8.81. The second-order valence-electron chi connectivity index (χ2n) is 3.35. The van der Waals surface area contributed by atoms with E-state index >= 15 is 0 Å². The first-order valence-electron chi connectivity index (χ1n) is 4.43. The van der Waals surface area contributed by atoms with Crippen LogP contribution in [0, 0.1) is 0 Å². The lowest BCUT2D eigenvalue weighted by molar-refractivity contribution is -0.122. The van der Waals surface area contributed by atoms with Crippen molar-refractivity contribution in [1.82, 2.24) is 4.90 Å². The van der Waals surface area contributed by atoms with Crippen molar-refractivity contribution in [3.63, 3.8) is 0 Å². The van der Waals surface area contributed by atoms with Gasteiger partial charge in [-0.25, -0.2) is 0 Å². The van der Waals surface area contributed by atoms with Gasteiger partial charge in [-0.1, -0.05) is 30.3 Å². The summed E-state index contributed by atoms with van der Waals surface area (Å²) in [6.07, 6.45) is 0. The normalized spacial score (nSPS) is 16.6. The average Bonchev–Trinajstić information content (AvgIpc) is 2.43. The number of amides is 1. The van der Waals surface area contributed by atoms with Crippen molar-refractivity contribution >= 4 is 11.5 Å². The maximum atomic E-state index is 11.6. The molecule has 1 amide bonds. The Morgan fingerprint density at radius 3 is 2.43 bits per heavy atom. The summed E-state index contributed by atoms with van der Waals surface area (Å²) in [7, 11) is 1.68. The minimum Gasteiger partial charge on any atom is -0.510 e. The SMILES string of the molecule is CN1CC(O)=C(c2ccccc2)C1=O. The van der Waals surface area contributed by atoms with Gasteiger partial charge in [0.2, 0.25) is 0 Å². The van der Waals surface area contributed by atoms with Crippen molar-refractivity contribution in [1.29, 1.82) is 0 Å². The highest BCUT2D eigenvalue weighted by Crippen LogP contribution is 2.25. The number of likely N-dealkylation sites (N-methyl/N-ethyl adjacent to an activating group) is 1. The molecule has 1 N–H and O–H groups in total. The Morgan fingerprint density at radius 1 is 1.29 bits per heavy atom. The number of aliphatic hydroxyl groups excluding tert-OH is 1. The molecule has 2 rings (SSSR count). The van der Waals surface area contributed by atoms with E-state index in [0.717, 1.165) is 5.56 Å². The van der Waals surface area contributed by atoms with Crippen molar-refractivity contribution in [3.05, 3.63) is 41.7 Å². The smallest absolute Gasteiger partial charge is 0.258 e. The Labute approximate surface area is 82.3 Å². The summed E-state index contributed by atoms with van der Waals surface area (Å²) < 4.78 is 0. The molecule has 0 atom stereocenters. The lowest BCUT2D eigenvalue weighted by Gasteiger charge is -2.07. The van der Waals surface area contributed by atoms with Gasteiger partial charge in [0.25, 0.3) is 5.91 Å². The molecular weight excluding hydrogens is 178 g/mol. The summed E-state index contributed by atoms with van der Waals surface area (Å²) >= 11 is 0. The molecule has 0 spiro atoms. The fraction of sp³-hybridized carbons (Fsp3) is 0.182. The van der Waals surface area contributed by atoms with Gasteiger partial charge in [0.1, 0.15) is 5.76 Å². The van der Waals surface area contributed by atoms with Gasteiger partial charge in [-0.2, -0.15) is 0 Å². The predicted molar refractivity (Wildman–Crippen MR) is 53.6 cm³/mol. The lowest BCUT2D eigenvalue weighted by atomic mass is 10.1. The monoisotopic (exact) mass is 189 g/mol. The molecule has 1 aromatic carbocycles. The highest BCUT2D eigenvalue weighted by atomic mass is 16.3. The van der Waals surface area contributed by atoms with E-state index in [1.54, 1.807) is 7.05 Å². The van der Waals surface area contributed by atoms with Crippen LogP contribution < -0.4 is 0 Å². The summed E-state index contributed by atoms with van der Waals surface area (Å²) in [5.41, 5.74) is 1.20. The molecule has 0 fully saturated rings. The van der Waals surface area contributed by atoms with E-state index in [0.29, 0.717) is 12.1 Å². The fourth-order valence-electron chi connectivity index (χ4n) is 1.58. The number of carbonyl (C=O) groups is 1. The number of rotatable bonds is 1. The summed E-state index contributed by atoms with van der Waals surface area (Å²) in [5, 5.41) is 9.60. The van der Waals surface area contributed by atoms with E-state index in [1.807, 2.05) is 30.3 Å². The first-order valence-corrected chi connectivity index (χ1v) is 4.43. The van der Waals surface area contributed by atoms with E-state index < -0.39 is 0 Å². The molecule has 0 aromatic heterocycles. The zero-order valence-electron chi connectivity index (χ0n) is 7.90.